The first-order valence-electron chi connectivity index (χ1n) is 8.63. The van der Waals surface area contributed by atoms with Gasteiger partial charge < -0.3 is 4.42 Å². The van der Waals surface area contributed by atoms with Gasteiger partial charge in [-0.05, 0) is 52.3 Å². The second kappa shape index (κ2) is 9.23. The van der Waals surface area contributed by atoms with Crippen LogP contribution in [0.1, 0.15) is 15.4 Å². The first-order valence-corrected chi connectivity index (χ1v) is 11.4. The Hall–Kier alpha value is -2.66. The molecule has 1 amide bonds. The van der Waals surface area contributed by atoms with E-state index in [2.05, 4.69) is 26.5 Å². The largest absolute Gasteiger partial charge is 0.447 e. The van der Waals surface area contributed by atoms with Crippen LogP contribution in [-0.2, 0) is 0 Å². The summed E-state index contributed by atoms with van der Waals surface area (Å²) in [6.45, 7) is 0. The number of nitro benzene ring substituents is 1. The van der Waals surface area contributed by atoms with E-state index in [-0.39, 0.29) is 5.69 Å². The normalized spacial score (nSPS) is 11.3. The fraction of sp³-hybridized carbons (Fsp3) is 0. The number of thiophene rings is 1. The SMILES string of the molecule is O=C(N/N=C\c1cc(Br)c(Sc2ccc(Cl)cc2)o1)c1cc2cc([N+](=O)[O-])ccc2s1. The van der Waals surface area contributed by atoms with Crippen molar-refractivity contribution in [1.82, 2.24) is 5.43 Å². The standard InChI is InChI=1S/C20H11BrClN3O4S2/c21-16-9-14(29-20(16)30-15-4-1-12(22)2-5-15)10-23-24-19(26)18-8-11-7-13(25(27)28)3-6-17(11)31-18/h1-10H,(H,24,26)/b23-10-. The van der Waals surface area contributed by atoms with Crippen LogP contribution in [0.15, 0.2) is 78.6 Å². The first-order chi connectivity index (χ1) is 14.9. The van der Waals surface area contributed by atoms with E-state index in [1.165, 1.54) is 41.4 Å². The third-order valence-corrected chi connectivity index (χ3v) is 7.21. The monoisotopic (exact) mass is 535 g/mol. The molecule has 0 aliphatic heterocycles. The molecule has 4 rings (SSSR count). The molecule has 0 fully saturated rings. The summed E-state index contributed by atoms with van der Waals surface area (Å²) in [7, 11) is 0. The number of rotatable bonds is 6. The molecule has 0 unspecified atom stereocenters. The fourth-order valence-corrected chi connectivity index (χ4v) is 4.97. The minimum Gasteiger partial charge on any atom is -0.447 e. The summed E-state index contributed by atoms with van der Waals surface area (Å²) in [5, 5.41) is 16.8. The number of hydrogen-bond acceptors (Lipinski definition) is 7. The lowest BCUT2D eigenvalue weighted by Crippen LogP contribution is -2.15. The number of hydrogen-bond donors (Lipinski definition) is 1. The molecule has 4 aromatic rings. The first kappa shape index (κ1) is 21.6. The molecule has 0 radical (unpaired) electrons. The molecule has 0 bridgehead atoms. The topological polar surface area (TPSA) is 97.7 Å². The number of amides is 1. The number of carbonyl (C=O) groups excluding carboxylic acids is 1. The van der Waals surface area contributed by atoms with Crippen molar-refractivity contribution in [2.75, 3.05) is 0 Å². The number of non-ortho nitro benzene ring substituents is 1. The van der Waals surface area contributed by atoms with Gasteiger partial charge in [0.2, 0.25) is 0 Å². The molecule has 0 spiro atoms. The predicted octanol–water partition coefficient (Wildman–Crippen LogP) is 6.73. The van der Waals surface area contributed by atoms with E-state index in [9.17, 15) is 14.9 Å². The Morgan fingerprint density at radius 2 is 2.00 bits per heavy atom. The molecule has 1 N–H and O–H groups in total. The molecular formula is C20H11BrClN3O4S2. The van der Waals surface area contributed by atoms with Crippen molar-refractivity contribution >= 4 is 78.5 Å². The molecule has 2 heterocycles. The van der Waals surface area contributed by atoms with E-state index in [0.29, 0.717) is 26.1 Å². The van der Waals surface area contributed by atoms with Crippen LogP contribution in [0, 0.1) is 10.1 Å². The zero-order valence-corrected chi connectivity index (χ0v) is 19.3. The fourth-order valence-electron chi connectivity index (χ4n) is 2.58. The van der Waals surface area contributed by atoms with E-state index in [1.807, 2.05) is 12.1 Å². The highest BCUT2D eigenvalue weighted by atomic mass is 79.9. The minimum atomic E-state index is -0.470. The summed E-state index contributed by atoms with van der Waals surface area (Å²) in [5.41, 5.74) is 2.42. The van der Waals surface area contributed by atoms with Crippen LogP contribution in [0.3, 0.4) is 0 Å². The lowest BCUT2D eigenvalue weighted by Gasteiger charge is -1.98. The van der Waals surface area contributed by atoms with Gasteiger partial charge in [0.25, 0.3) is 11.6 Å². The van der Waals surface area contributed by atoms with Crippen LogP contribution in [-0.4, -0.2) is 17.0 Å². The highest BCUT2D eigenvalue weighted by Gasteiger charge is 2.13. The van der Waals surface area contributed by atoms with Crippen LogP contribution in [0.5, 0.6) is 0 Å². The number of halogens is 2. The Morgan fingerprint density at radius 1 is 1.23 bits per heavy atom. The molecular weight excluding hydrogens is 526 g/mol. The van der Waals surface area contributed by atoms with Crippen molar-refractivity contribution in [1.29, 1.82) is 0 Å². The maximum atomic E-state index is 12.4. The van der Waals surface area contributed by atoms with Gasteiger partial charge in [-0.25, -0.2) is 5.43 Å². The van der Waals surface area contributed by atoms with Gasteiger partial charge in [0, 0.05) is 38.2 Å². The Balaban J connectivity index is 1.42. The van der Waals surface area contributed by atoms with E-state index >= 15 is 0 Å². The third-order valence-electron chi connectivity index (χ3n) is 3.99. The molecule has 2 aromatic heterocycles. The van der Waals surface area contributed by atoms with Gasteiger partial charge in [0.1, 0.15) is 5.76 Å². The van der Waals surface area contributed by atoms with Gasteiger partial charge in [-0.1, -0.05) is 23.4 Å². The Bertz CT molecular complexity index is 1320. The minimum absolute atomic E-state index is 0.0223. The van der Waals surface area contributed by atoms with Crippen LogP contribution in [0.25, 0.3) is 10.1 Å². The summed E-state index contributed by atoms with van der Waals surface area (Å²) in [5.74, 6) is 0.0390. The maximum absolute atomic E-state index is 12.4. The number of nitrogens with zero attached hydrogens (tertiary/aromatic N) is 2. The van der Waals surface area contributed by atoms with Gasteiger partial charge in [0.05, 0.1) is 20.5 Å². The molecule has 156 valence electrons. The lowest BCUT2D eigenvalue weighted by atomic mass is 10.2. The summed E-state index contributed by atoms with van der Waals surface area (Å²) in [4.78, 5) is 24.1. The molecule has 0 aliphatic rings. The van der Waals surface area contributed by atoms with Crippen molar-refractivity contribution in [3.05, 3.63) is 84.8 Å². The molecule has 7 nitrogen and oxygen atoms in total. The van der Waals surface area contributed by atoms with Crippen LogP contribution in [0.2, 0.25) is 5.02 Å². The summed E-state index contributed by atoms with van der Waals surface area (Å²) in [6, 6.07) is 15.2. The van der Waals surface area contributed by atoms with Crippen molar-refractivity contribution in [2.45, 2.75) is 9.99 Å². The molecule has 0 saturated heterocycles. The average molecular weight is 537 g/mol. The molecule has 0 saturated carbocycles. The Kier molecular flexibility index (Phi) is 6.42. The van der Waals surface area contributed by atoms with Gasteiger partial charge in [0.15, 0.2) is 5.09 Å². The van der Waals surface area contributed by atoms with Crippen LogP contribution < -0.4 is 5.43 Å². The highest BCUT2D eigenvalue weighted by molar-refractivity contribution is 9.10. The van der Waals surface area contributed by atoms with Crippen LogP contribution in [0.4, 0.5) is 5.69 Å². The quantitative estimate of drug-likeness (QED) is 0.167. The van der Waals surface area contributed by atoms with E-state index < -0.39 is 10.8 Å². The lowest BCUT2D eigenvalue weighted by molar-refractivity contribution is -0.384. The van der Waals surface area contributed by atoms with Gasteiger partial charge in [-0.2, -0.15) is 5.10 Å². The van der Waals surface area contributed by atoms with Crippen molar-refractivity contribution < 1.29 is 14.1 Å². The number of nitro groups is 1. The van der Waals surface area contributed by atoms with Gasteiger partial charge in [-0.3, -0.25) is 14.9 Å². The molecule has 11 heteroatoms. The van der Waals surface area contributed by atoms with E-state index in [4.69, 9.17) is 16.0 Å². The molecule has 31 heavy (non-hydrogen) atoms. The number of fused-ring (bicyclic) bond motifs is 1. The van der Waals surface area contributed by atoms with Crippen molar-refractivity contribution in [2.24, 2.45) is 5.10 Å². The second-order valence-corrected chi connectivity index (χ2v) is 9.55. The molecule has 2 aromatic carbocycles. The number of furan rings is 1. The van der Waals surface area contributed by atoms with Gasteiger partial charge in [-0.15, -0.1) is 11.3 Å². The Morgan fingerprint density at radius 3 is 2.74 bits per heavy atom. The number of carbonyl (C=O) groups is 1. The van der Waals surface area contributed by atoms with E-state index in [0.717, 1.165) is 14.1 Å². The zero-order chi connectivity index (χ0) is 22.0. The number of hydrazone groups is 1. The summed E-state index contributed by atoms with van der Waals surface area (Å²) < 4.78 is 7.27. The number of nitrogens with one attached hydrogen (secondary N) is 1. The Labute approximate surface area is 197 Å². The molecule has 0 aliphatic carbocycles. The van der Waals surface area contributed by atoms with Crippen molar-refractivity contribution in [3.63, 3.8) is 0 Å². The highest BCUT2D eigenvalue weighted by Crippen LogP contribution is 2.36. The predicted molar refractivity (Wildman–Crippen MR) is 126 cm³/mol. The summed E-state index contributed by atoms with van der Waals surface area (Å²) in [6.07, 6.45) is 1.40. The second-order valence-electron chi connectivity index (χ2n) is 6.13. The smallest absolute Gasteiger partial charge is 0.281 e. The summed E-state index contributed by atoms with van der Waals surface area (Å²) >= 11 is 12.0. The molecule has 0 atom stereocenters. The average Bonchev–Trinajstić information content (AvgIpc) is 3.32. The maximum Gasteiger partial charge on any atom is 0.281 e. The third kappa shape index (κ3) is 5.16. The zero-order valence-electron chi connectivity index (χ0n) is 15.4. The number of benzene rings is 2. The van der Waals surface area contributed by atoms with E-state index in [1.54, 1.807) is 30.3 Å². The van der Waals surface area contributed by atoms with Crippen molar-refractivity contribution in [3.8, 4) is 0 Å². The van der Waals surface area contributed by atoms with Crippen LogP contribution >= 0.6 is 50.6 Å². The van der Waals surface area contributed by atoms with Gasteiger partial charge >= 0.3 is 0 Å².